The fourth-order valence-corrected chi connectivity index (χ4v) is 3.73. The molecule has 0 aromatic rings. The second kappa shape index (κ2) is 13.7. The van der Waals surface area contributed by atoms with Gasteiger partial charge in [0.25, 0.3) is 0 Å². The Morgan fingerprint density at radius 1 is 0.708 bits per heavy atom. The van der Waals surface area contributed by atoms with Gasteiger partial charge in [0.05, 0.1) is 20.6 Å². The maximum absolute atomic E-state index is 2.36. The van der Waals surface area contributed by atoms with Crippen molar-refractivity contribution in [3.63, 3.8) is 0 Å². The van der Waals surface area contributed by atoms with E-state index >= 15 is 0 Å². The Hall–Kier alpha value is -0.560. The second-order valence-electron chi connectivity index (χ2n) is 8.30. The van der Waals surface area contributed by atoms with Crippen molar-refractivity contribution in [2.24, 2.45) is 0 Å². The summed E-state index contributed by atoms with van der Waals surface area (Å²) >= 11 is 0. The molecule has 0 saturated carbocycles. The normalized spacial score (nSPS) is 14.4. The van der Waals surface area contributed by atoms with E-state index in [1.165, 1.54) is 96.4 Å². The van der Waals surface area contributed by atoms with Crippen LogP contribution in [0.1, 0.15) is 103 Å². The average Bonchev–Trinajstić information content (AvgIpc) is 3.10. The molecule has 0 aromatic carbocycles. The lowest BCUT2D eigenvalue weighted by Gasteiger charge is -2.30. The van der Waals surface area contributed by atoms with Gasteiger partial charge in [-0.25, -0.2) is 0 Å². The Kier molecular flexibility index (Phi) is 12.3. The highest BCUT2D eigenvalue weighted by atomic mass is 15.3. The van der Waals surface area contributed by atoms with Crippen LogP contribution in [0.15, 0.2) is 23.9 Å². The van der Waals surface area contributed by atoms with Crippen LogP contribution >= 0.6 is 0 Å². The van der Waals surface area contributed by atoms with E-state index in [-0.39, 0.29) is 0 Å². The van der Waals surface area contributed by atoms with Gasteiger partial charge in [-0.3, -0.25) is 4.48 Å². The van der Waals surface area contributed by atoms with Crippen LogP contribution in [0.25, 0.3) is 0 Å². The van der Waals surface area contributed by atoms with Gasteiger partial charge >= 0.3 is 0 Å². The molecule has 1 heteroatoms. The quantitative estimate of drug-likeness (QED) is 0.204. The first-order chi connectivity index (χ1) is 11.7. The highest BCUT2D eigenvalue weighted by molar-refractivity contribution is 5.18. The largest absolute Gasteiger partial charge is 0.299 e. The summed E-state index contributed by atoms with van der Waals surface area (Å²) in [7, 11) is 4.72. The van der Waals surface area contributed by atoms with Gasteiger partial charge < -0.3 is 0 Å². The summed E-state index contributed by atoms with van der Waals surface area (Å²) in [5, 5.41) is 0. The molecule has 0 bridgehead atoms. The zero-order chi connectivity index (χ0) is 17.5. The third-order valence-electron chi connectivity index (χ3n) is 5.60. The molecule has 0 aliphatic heterocycles. The molecule has 24 heavy (non-hydrogen) atoms. The van der Waals surface area contributed by atoms with Crippen LogP contribution in [0.5, 0.6) is 0 Å². The Morgan fingerprint density at radius 3 is 1.58 bits per heavy atom. The highest BCUT2D eigenvalue weighted by Gasteiger charge is 2.21. The lowest BCUT2D eigenvalue weighted by molar-refractivity contribution is -0.853. The van der Waals surface area contributed by atoms with Gasteiger partial charge in [0, 0.05) is 6.42 Å². The molecule has 1 aliphatic carbocycles. The van der Waals surface area contributed by atoms with Crippen LogP contribution in [0, 0.1) is 0 Å². The first kappa shape index (κ1) is 21.5. The summed E-state index contributed by atoms with van der Waals surface area (Å²) in [6.07, 6.45) is 28.2. The molecule has 0 spiro atoms. The van der Waals surface area contributed by atoms with E-state index < -0.39 is 0 Å². The van der Waals surface area contributed by atoms with Crippen molar-refractivity contribution in [2.75, 3.05) is 20.6 Å². The molecule has 0 aromatic heterocycles. The summed E-state index contributed by atoms with van der Waals surface area (Å²) in [5.41, 5.74) is 1.57. The average molecular weight is 335 g/mol. The molecule has 0 fully saturated rings. The standard InChI is InChI=1S/C23H44N/c1-4-5-6-7-8-9-10-11-12-13-14-15-16-19-22-24(2,3)23-20-17-18-21-23/h17-18,20H,4-16,19,21-22H2,1-3H3/q+1. The minimum Gasteiger partial charge on any atom is -0.299 e. The number of quaternary nitrogens is 1. The van der Waals surface area contributed by atoms with Gasteiger partial charge in [-0.1, -0.05) is 96.1 Å². The predicted molar refractivity (Wildman–Crippen MR) is 109 cm³/mol. The summed E-state index contributed by atoms with van der Waals surface area (Å²) in [6, 6.07) is 0. The Balaban J connectivity index is 1.81. The second-order valence-corrected chi connectivity index (χ2v) is 8.30. The van der Waals surface area contributed by atoms with E-state index in [1.54, 1.807) is 5.70 Å². The van der Waals surface area contributed by atoms with E-state index in [1.807, 2.05) is 0 Å². The van der Waals surface area contributed by atoms with Gasteiger partial charge in [-0.2, -0.15) is 0 Å². The van der Waals surface area contributed by atoms with Gasteiger partial charge in [0.2, 0.25) is 0 Å². The van der Waals surface area contributed by atoms with Crippen LogP contribution in [0.2, 0.25) is 0 Å². The molecule has 1 nitrogen and oxygen atoms in total. The van der Waals surface area contributed by atoms with Crippen molar-refractivity contribution in [1.82, 2.24) is 0 Å². The lowest BCUT2D eigenvalue weighted by atomic mass is 10.0. The zero-order valence-corrected chi connectivity index (χ0v) is 17.0. The molecule has 1 aliphatic rings. The van der Waals surface area contributed by atoms with Crippen molar-refractivity contribution in [2.45, 2.75) is 103 Å². The Bertz CT molecular complexity index is 351. The number of hydrogen-bond donors (Lipinski definition) is 0. The maximum Gasteiger partial charge on any atom is 0.112 e. The fraction of sp³-hybridized carbons (Fsp3) is 0.826. The van der Waals surface area contributed by atoms with Crippen LogP contribution in [0.4, 0.5) is 0 Å². The van der Waals surface area contributed by atoms with Crippen LogP contribution in [-0.4, -0.2) is 25.1 Å². The van der Waals surface area contributed by atoms with Gasteiger partial charge in [0.1, 0.15) is 5.70 Å². The third kappa shape index (κ3) is 10.3. The van der Waals surface area contributed by atoms with Gasteiger partial charge in [-0.15, -0.1) is 0 Å². The third-order valence-corrected chi connectivity index (χ3v) is 5.60. The molecule has 0 N–H and O–H groups in total. The number of nitrogens with zero attached hydrogens (tertiary/aromatic N) is 1. The fourth-order valence-electron chi connectivity index (χ4n) is 3.73. The molecule has 0 atom stereocenters. The summed E-state index contributed by atoms with van der Waals surface area (Å²) in [4.78, 5) is 0. The van der Waals surface area contributed by atoms with Crippen molar-refractivity contribution in [3.05, 3.63) is 23.9 Å². The predicted octanol–water partition coefficient (Wildman–Crippen LogP) is 7.39. The molecule has 0 unspecified atom stereocenters. The Morgan fingerprint density at radius 2 is 1.17 bits per heavy atom. The minimum absolute atomic E-state index is 1.09. The van der Waals surface area contributed by atoms with E-state index in [2.05, 4.69) is 39.2 Å². The van der Waals surface area contributed by atoms with E-state index in [9.17, 15) is 0 Å². The SMILES string of the molecule is CCCCCCCCCCCCCCCC[N+](C)(C)C1=CC=CC1. The van der Waals surface area contributed by atoms with E-state index in [0.717, 1.165) is 10.9 Å². The van der Waals surface area contributed by atoms with Crippen LogP contribution < -0.4 is 0 Å². The monoisotopic (exact) mass is 334 g/mol. The first-order valence-electron chi connectivity index (χ1n) is 10.9. The molecule has 140 valence electrons. The minimum atomic E-state index is 1.09. The summed E-state index contributed by atoms with van der Waals surface area (Å²) in [6.45, 7) is 3.59. The van der Waals surface area contributed by atoms with Crippen LogP contribution in [-0.2, 0) is 0 Å². The summed E-state index contributed by atoms with van der Waals surface area (Å²) in [5.74, 6) is 0. The van der Waals surface area contributed by atoms with Crippen molar-refractivity contribution >= 4 is 0 Å². The van der Waals surface area contributed by atoms with Crippen molar-refractivity contribution in [1.29, 1.82) is 0 Å². The molecule has 0 saturated heterocycles. The highest BCUT2D eigenvalue weighted by Crippen LogP contribution is 2.21. The van der Waals surface area contributed by atoms with Gasteiger partial charge in [0.15, 0.2) is 0 Å². The van der Waals surface area contributed by atoms with Crippen molar-refractivity contribution in [3.8, 4) is 0 Å². The molecule has 0 amide bonds. The number of rotatable bonds is 16. The number of hydrogen-bond acceptors (Lipinski definition) is 0. The molecule has 1 rings (SSSR count). The van der Waals surface area contributed by atoms with Crippen molar-refractivity contribution < 1.29 is 4.48 Å². The number of allylic oxidation sites excluding steroid dienone is 3. The topological polar surface area (TPSA) is 0 Å². The smallest absolute Gasteiger partial charge is 0.112 e. The zero-order valence-electron chi connectivity index (χ0n) is 17.0. The lowest BCUT2D eigenvalue weighted by Crippen LogP contribution is -2.38. The molecule has 0 radical (unpaired) electrons. The first-order valence-corrected chi connectivity index (χ1v) is 10.9. The Labute approximate surface area is 152 Å². The molecule has 0 heterocycles. The van der Waals surface area contributed by atoms with Gasteiger partial charge in [-0.05, 0) is 18.9 Å². The van der Waals surface area contributed by atoms with E-state index in [0.29, 0.717) is 0 Å². The van der Waals surface area contributed by atoms with Crippen LogP contribution in [0.3, 0.4) is 0 Å². The number of unbranched alkanes of at least 4 members (excludes halogenated alkanes) is 13. The molecular formula is C23H44N+. The molecular weight excluding hydrogens is 290 g/mol. The maximum atomic E-state index is 2.36. The van der Waals surface area contributed by atoms with E-state index in [4.69, 9.17) is 0 Å². The summed E-state index contributed by atoms with van der Waals surface area (Å²) < 4.78 is 1.09.